The van der Waals surface area contributed by atoms with Gasteiger partial charge in [0.1, 0.15) is 4.88 Å². The Balaban J connectivity index is 1.77. The first-order valence-electron chi connectivity index (χ1n) is 5.52. The summed E-state index contributed by atoms with van der Waals surface area (Å²) >= 11 is 1.30. The van der Waals surface area contributed by atoms with Crippen molar-refractivity contribution in [1.82, 2.24) is 10.4 Å². The maximum atomic E-state index is 11.3. The van der Waals surface area contributed by atoms with E-state index in [4.69, 9.17) is 5.11 Å². The Bertz CT molecular complexity index is 430. The highest BCUT2D eigenvalue weighted by Gasteiger charge is 2.18. The van der Waals surface area contributed by atoms with Crippen molar-refractivity contribution in [2.45, 2.75) is 19.3 Å². The number of hydrazine groups is 1. The molecule has 0 aromatic carbocycles. The molecule has 2 heterocycles. The van der Waals surface area contributed by atoms with Crippen molar-refractivity contribution >= 4 is 23.2 Å². The van der Waals surface area contributed by atoms with Gasteiger partial charge in [-0.25, -0.2) is 10.2 Å². The van der Waals surface area contributed by atoms with Gasteiger partial charge in [-0.05, 0) is 25.0 Å². The molecule has 0 atom stereocenters. The maximum absolute atomic E-state index is 11.3. The number of aromatic carboxylic acids is 1. The fourth-order valence-corrected chi connectivity index (χ4v) is 2.65. The van der Waals surface area contributed by atoms with Gasteiger partial charge in [-0.2, -0.15) is 0 Å². The number of hydrogen-bond acceptors (Lipinski definition) is 4. The van der Waals surface area contributed by atoms with Crippen LogP contribution in [0.2, 0.25) is 0 Å². The first-order chi connectivity index (χ1) is 8.16. The van der Waals surface area contributed by atoms with Gasteiger partial charge in [0.25, 0.3) is 0 Å². The number of rotatable bonds is 5. The zero-order valence-electron chi connectivity index (χ0n) is 9.31. The molecule has 1 aliphatic rings. The quantitative estimate of drug-likeness (QED) is 0.826. The second-order valence-electron chi connectivity index (χ2n) is 3.88. The number of aryl methyl sites for hydroxylation is 1. The molecule has 6 heteroatoms. The molecule has 2 N–H and O–H groups in total. The SMILES string of the molecule is O=C(O)c1ccc(CCCN2NCCC2=O)s1. The van der Waals surface area contributed by atoms with Crippen LogP contribution in [-0.2, 0) is 11.2 Å². The molecule has 0 unspecified atom stereocenters. The summed E-state index contributed by atoms with van der Waals surface area (Å²) in [6.07, 6.45) is 2.23. The van der Waals surface area contributed by atoms with Crippen LogP contribution in [0, 0.1) is 0 Å². The predicted octanol–water partition coefficient (Wildman–Crippen LogP) is 1.12. The molecule has 1 aromatic heterocycles. The Morgan fingerprint density at radius 3 is 2.94 bits per heavy atom. The van der Waals surface area contributed by atoms with E-state index in [2.05, 4.69) is 5.43 Å². The van der Waals surface area contributed by atoms with Crippen LogP contribution < -0.4 is 5.43 Å². The van der Waals surface area contributed by atoms with E-state index in [1.165, 1.54) is 11.3 Å². The molecule has 0 bridgehead atoms. The van der Waals surface area contributed by atoms with Crippen molar-refractivity contribution in [2.75, 3.05) is 13.1 Å². The molecule has 1 fully saturated rings. The molecular formula is C11H14N2O3S. The normalized spacial score (nSPS) is 15.5. The second kappa shape index (κ2) is 5.29. The number of nitrogens with zero attached hydrogens (tertiary/aromatic N) is 1. The first kappa shape index (κ1) is 12.1. The van der Waals surface area contributed by atoms with Crippen LogP contribution in [0.25, 0.3) is 0 Å². The van der Waals surface area contributed by atoms with Gasteiger partial charge in [-0.3, -0.25) is 9.80 Å². The first-order valence-corrected chi connectivity index (χ1v) is 6.34. The Kier molecular flexibility index (Phi) is 3.75. The molecule has 0 spiro atoms. The van der Waals surface area contributed by atoms with E-state index in [9.17, 15) is 9.59 Å². The van der Waals surface area contributed by atoms with Crippen LogP contribution >= 0.6 is 11.3 Å². The lowest BCUT2D eigenvalue weighted by Crippen LogP contribution is -2.35. The summed E-state index contributed by atoms with van der Waals surface area (Å²) in [5.41, 5.74) is 3.01. The van der Waals surface area contributed by atoms with E-state index < -0.39 is 5.97 Å². The molecule has 0 radical (unpaired) electrons. The summed E-state index contributed by atoms with van der Waals surface area (Å²) in [6, 6.07) is 3.47. The number of carboxylic acids is 1. The monoisotopic (exact) mass is 254 g/mol. The molecular weight excluding hydrogens is 240 g/mol. The van der Waals surface area contributed by atoms with E-state index >= 15 is 0 Å². The van der Waals surface area contributed by atoms with Gasteiger partial charge in [0, 0.05) is 24.4 Å². The second-order valence-corrected chi connectivity index (χ2v) is 5.05. The molecule has 17 heavy (non-hydrogen) atoms. The van der Waals surface area contributed by atoms with Crippen LogP contribution in [0.4, 0.5) is 0 Å². The van der Waals surface area contributed by atoms with Crippen molar-refractivity contribution in [2.24, 2.45) is 0 Å². The molecule has 92 valence electrons. The standard InChI is InChI=1S/C11H14N2O3S/c14-10-5-6-12-13(10)7-1-2-8-3-4-9(17-8)11(15)16/h3-4,12H,1-2,5-7H2,(H,15,16). The number of nitrogens with one attached hydrogen (secondary N) is 1. The fourth-order valence-electron chi connectivity index (χ4n) is 1.76. The minimum Gasteiger partial charge on any atom is -0.477 e. The number of carbonyl (C=O) groups excluding carboxylic acids is 1. The molecule has 2 rings (SSSR count). The minimum atomic E-state index is -0.877. The lowest BCUT2D eigenvalue weighted by Gasteiger charge is -2.14. The average Bonchev–Trinajstić information content (AvgIpc) is 2.89. The minimum absolute atomic E-state index is 0.141. The summed E-state index contributed by atoms with van der Waals surface area (Å²) < 4.78 is 0. The van der Waals surface area contributed by atoms with Crippen molar-refractivity contribution in [3.8, 4) is 0 Å². The van der Waals surface area contributed by atoms with Crippen molar-refractivity contribution < 1.29 is 14.7 Å². The molecule has 1 aromatic rings. The third kappa shape index (κ3) is 3.04. The number of carboxylic acid groups (broad SMARTS) is 1. The van der Waals surface area contributed by atoms with E-state index in [1.54, 1.807) is 11.1 Å². The average molecular weight is 254 g/mol. The van der Waals surface area contributed by atoms with Crippen LogP contribution in [0.5, 0.6) is 0 Å². The van der Waals surface area contributed by atoms with E-state index in [1.807, 2.05) is 6.07 Å². The molecule has 1 aliphatic heterocycles. The lowest BCUT2D eigenvalue weighted by atomic mass is 10.2. The Labute approximate surface area is 103 Å². The third-order valence-electron chi connectivity index (χ3n) is 2.62. The number of amides is 1. The summed E-state index contributed by atoms with van der Waals surface area (Å²) in [5, 5.41) is 10.4. The summed E-state index contributed by atoms with van der Waals surface area (Å²) in [7, 11) is 0. The highest BCUT2D eigenvalue weighted by atomic mass is 32.1. The molecule has 0 saturated carbocycles. The van der Waals surface area contributed by atoms with Crippen molar-refractivity contribution in [3.63, 3.8) is 0 Å². The summed E-state index contributed by atoms with van der Waals surface area (Å²) in [6.45, 7) is 1.40. The molecule has 5 nitrogen and oxygen atoms in total. The summed E-state index contributed by atoms with van der Waals surface area (Å²) in [5.74, 6) is -0.736. The van der Waals surface area contributed by atoms with E-state index in [0.29, 0.717) is 17.8 Å². The van der Waals surface area contributed by atoms with E-state index in [0.717, 1.165) is 24.3 Å². The van der Waals surface area contributed by atoms with Gasteiger partial charge < -0.3 is 5.11 Å². The van der Waals surface area contributed by atoms with Gasteiger partial charge in [0.05, 0.1) is 0 Å². The third-order valence-corrected chi connectivity index (χ3v) is 3.75. The number of hydrogen-bond donors (Lipinski definition) is 2. The fraction of sp³-hybridized carbons (Fsp3) is 0.455. The van der Waals surface area contributed by atoms with Crippen molar-refractivity contribution in [3.05, 3.63) is 21.9 Å². The lowest BCUT2D eigenvalue weighted by molar-refractivity contribution is -0.129. The van der Waals surface area contributed by atoms with Gasteiger partial charge in [0.2, 0.25) is 5.91 Å². The number of carbonyl (C=O) groups is 2. The van der Waals surface area contributed by atoms with Crippen molar-refractivity contribution in [1.29, 1.82) is 0 Å². The Morgan fingerprint density at radius 2 is 2.35 bits per heavy atom. The molecule has 1 amide bonds. The van der Waals surface area contributed by atoms with Crippen LogP contribution in [0.15, 0.2) is 12.1 Å². The van der Waals surface area contributed by atoms with Crippen LogP contribution in [0.3, 0.4) is 0 Å². The topological polar surface area (TPSA) is 69.6 Å². The largest absolute Gasteiger partial charge is 0.477 e. The number of thiophene rings is 1. The maximum Gasteiger partial charge on any atom is 0.345 e. The summed E-state index contributed by atoms with van der Waals surface area (Å²) in [4.78, 5) is 23.4. The highest BCUT2D eigenvalue weighted by molar-refractivity contribution is 7.13. The van der Waals surface area contributed by atoms with Gasteiger partial charge in [-0.15, -0.1) is 11.3 Å². The smallest absolute Gasteiger partial charge is 0.345 e. The molecule has 1 saturated heterocycles. The van der Waals surface area contributed by atoms with Crippen LogP contribution in [0.1, 0.15) is 27.4 Å². The Hall–Kier alpha value is -1.40. The predicted molar refractivity (Wildman–Crippen MR) is 63.9 cm³/mol. The van der Waals surface area contributed by atoms with Gasteiger partial charge in [-0.1, -0.05) is 0 Å². The van der Waals surface area contributed by atoms with Gasteiger partial charge in [0.15, 0.2) is 0 Å². The zero-order valence-corrected chi connectivity index (χ0v) is 10.1. The van der Waals surface area contributed by atoms with E-state index in [-0.39, 0.29) is 5.91 Å². The Morgan fingerprint density at radius 1 is 1.53 bits per heavy atom. The molecule has 0 aliphatic carbocycles. The highest BCUT2D eigenvalue weighted by Crippen LogP contribution is 2.18. The van der Waals surface area contributed by atoms with Gasteiger partial charge >= 0.3 is 5.97 Å². The zero-order chi connectivity index (χ0) is 12.3. The van der Waals surface area contributed by atoms with Crippen LogP contribution in [-0.4, -0.2) is 35.1 Å².